The molecule has 1 saturated heterocycles. The molecule has 10 nitrogen and oxygen atoms in total. The maximum Gasteiger partial charge on any atom is 0.414 e. The van der Waals surface area contributed by atoms with Gasteiger partial charge in [0.05, 0.1) is 23.6 Å². The average Bonchev–Trinajstić information content (AvgIpc) is 3.26. The van der Waals surface area contributed by atoms with Crippen molar-refractivity contribution in [3.63, 3.8) is 0 Å². The van der Waals surface area contributed by atoms with Crippen LogP contribution in [0.3, 0.4) is 0 Å². The highest BCUT2D eigenvalue weighted by Gasteiger charge is 2.45. The molecule has 1 aliphatic heterocycles. The summed E-state index contributed by atoms with van der Waals surface area (Å²) < 4.78 is 7.01. The first kappa shape index (κ1) is 20.2. The van der Waals surface area contributed by atoms with Crippen molar-refractivity contribution >= 4 is 40.1 Å². The highest BCUT2D eigenvalue weighted by molar-refractivity contribution is 6.00. The van der Waals surface area contributed by atoms with E-state index < -0.39 is 6.09 Å². The second kappa shape index (κ2) is 7.47. The van der Waals surface area contributed by atoms with Gasteiger partial charge in [-0.15, -0.1) is 10.2 Å². The highest BCUT2D eigenvalue weighted by Crippen LogP contribution is 2.48. The van der Waals surface area contributed by atoms with Crippen LogP contribution in [0.4, 0.5) is 22.0 Å². The molecular weight excluding hydrogens is 410 g/mol. The van der Waals surface area contributed by atoms with Gasteiger partial charge in [-0.2, -0.15) is 5.10 Å². The summed E-state index contributed by atoms with van der Waals surface area (Å²) in [5.41, 5.74) is 8.77. The van der Waals surface area contributed by atoms with Crippen LogP contribution in [0.1, 0.15) is 44.7 Å². The molecule has 1 aliphatic carbocycles. The predicted molar refractivity (Wildman–Crippen MR) is 119 cm³/mol. The molecule has 2 aliphatic rings. The van der Waals surface area contributed by atoms with Gasteiger partial charge in [0.15, 0.2) is 5.82 Å². The van der Waals surface area contributed by atoms with E-state index in [-0.39, 0.29) is 29.8 Å². The third kappa shape index (κ3) is 3.51. The molecule has 166 valence electrons. The molecule has 3 N–H and O–H groups in total. The number of benzene rings is 1. The molecule has 0 unspecified atom stereocenters. The summed E-state index contributed by atoms with van der Waals surface area (Å²) in [7, 11) is 0. The topological polar surface area (TPSA) is 128 Å². The number of carbonyl (C=O) groups is 2. The fraction of sp³-hybridized carbons (Fsp3) is 0.409. The minimum absolute atomic E-state index is 0.0955. The molecule has 3 atom stereocenters. The van der Waals surface area contributed by atoms with Gasteiger partial charge in [-0.1, -0.05) is 0 Å². The van der Waals surface area contributed by atoms with Crippen LogP contribution in [0.25, 0.3) is 10.9 Å². The minimum atomic E-state index is -0.410. The van der Waals surface area contributed by atoms with Crippen molar-refractivity contribution in [1.29, 1.82) is 0 Å². The predicted octanol–water partition coefficient (Wildman–Crippen LogP) is 3.08. The molecule has 0 radical (unpaired) electrons. The largest absolute Gasteiger partial charge is 0.447 e. The Labute approximate surface area is 184 Å². The Hall–Kier alpha value is -3.69. The van der Waals surface area contributed by atoms with E-state index in [1.807, 2.05) is 24.0 Å². The van der Waals surface area contributed by atoms with Crippen LogP contribution in [-0.4, -0.2) is 44.6 Å². The number of nitrogens with one attached hydrogen (secondary N) is 1. The molecule has 0 bridgehead atoms. The van der Waals surface area contributed by atoms with Crippen molar-refractivity contribution in [2.45, 2.75) is 45.2 Å². The number of ether oxygens (including phenoxy) is 1. The Morgan fingerprint density at radius 1 is 1.28 bits per heavy atom. The summed E-state index contributed by atoms with van der Waals surface area (Å²) in [6, 6.07) is 5.40. The monoisotopic (exact) mass is 435 g/mol. The van der Waals surface area contributed by atoms with Crippen molar-refractivity contribution in [2.75, 3.05) is 22.6 Å². The Morgan fingerprint density at radius 2 is 2.09 bits per heavy atom. The SMILES string of the molecule is CC(C)n1cc([C@H]2C[C@@H]2C(=O)Nc2cc3cc(N4C(=O)OC[C@@H]4C)cc(N)c3nn2)cn1. The van der Waals surface area contributed by atoms with Gasteiger partial charge in [0.25, 0.3) is 0 Å². The van der Waals surface area contributed by atoms with Crippen molar-refractivity contribution in [1.82, 2.24) is 20.0 Å². The number of hydrogen-bond donors (Lipinski definition) is 2. The van der Waals surface area contributed by atoms with E-state index in [0.29, 0.717) is 34.7 Å². The smallest absolute Gasteiger partial charge is 0.414 e. The van der Waals surface area contributed by atoms with Gasteiger partial charge in [0.2, 0.25) is 5.91 Å². The lowest BCUT2D eigenvalue weighted by molar-refractivity contribution is -0.117. The molecule has 3 heterocycles. The molecule has 2 fully saturated rings. The number of nitrogen functional groups attached to an aromatic ring is 1. The summed E-state index contributed by atoms with van der Waals surface area (Å²) >= 11 is 0. The Morgan fingerprint density at radius 3 is 2.78 bits per heavy atom. The fourth-order valence-electron chi connectivity index (χ4n) is 4.14. The number of carbonyl (C=O) groups excluding carboxylic acids is 2. The quantitative estimate of drug-likeness (QED) is 0.589. The number of nitrogens with two attached hydrogens (primary N) is 1. The lowest BCUT2D eigenvalue weighted by Crippen LogP contribution is -2.30. The summed E-state index contributed by atoms with van der Waals surface area (Å²) in [5.74, 6) is 0.302. The zero-order valence-corrected chi connectivity index (χ0v) is 18.1. The molecule has 10 heteroatoms. The molecule has 3 aromatic rings. The first-order valence-electron chi connectivity index (χ1n) is 10.7. The lowest BCUT2D eigenvalue weighted by atomic mass is 10.1. The van der Waals surface area contributed by atoms with Crippen LogP contribution in [0, 0.1) is 5.92 Å². The number of cyclic esters (lactones) is 1. The summed E-state index contributed by atoms with van der Waals surface area (Å²) in [5, 5.41) is 16.2. The van der Waals surface area contributed by atoms with Crippen LogP contribution in [0.15, 0.2) is 30.6 Å². The molecule has 2 amide bonds. The number of rotatable bonds is 5. The third-order valence-electron chi connectivity index (χ3n) is 6.02. The Bertz CT molecular complexity index is 1220. The van der Waals surface area contributed by atoms with E-state index in [1.165, 1.54) is 0 Å². The van der Waals surface area contributed by atoms with Gasteiger partial charge >= 0.3 is 6.09 Å². The van der Waals surface area contributed by atoms with Crippen molar-refractivity contribution in [2.24, 2.45) is 5.92 Å². The number of amides is 2. The molecule has 2 aromatic heterocycles. The van der Waals surface area contributed by atoms with E-state index in [4.69, 9.17) is 10.5 Å². The lowest BCUT2D eigenvalue weighted by Gasteiger charge is -2.19. The van der Waals surface area contributed by atoms with Gasteiger partial charge in [-0.25, -0.2) is 4.79 Å². The number of anilines is 3. The van der Waals surface area contributed by atoms with Crippen molar-refractivity contribution < 1.29 is 14.3 Å². The summed E-state index contributed by atoms with van der Waals surface area (Å²) in [4.78, 5) is 26.4. The van der Waals surface area contributed by atoms with E-state index in [0.717, 1.165) is 12.0 Å². The van der Waals surface area contributed by atoms with Gasteiger partial charge in [-0.05, 0) is 56.9 Å². The summed E-state index contributed by atoms with van der Waals surface area (Å²) in [6.45, 7) is 6.36. The van der Waals surface area contributed by atoms with E-state index in [1.54, 1.807) is 23.1 Å². The first-order valence-corrected chi connectivity index (χ1v) is 10.7. The molecule has 32 heavy (non-hydrogen) atoms. The summed E-state index contributed by atoms with van der Waals surface area (Å²) in [6.07, 6.45) is 4.21. The second-order valence-electron chi connectivity index (χ2n) is 8.78. The van der Waals surface area contributed by atoms with E-state index in [2.05, 4.69) is 34.5 Å². The average molecular weight is 435 g/mol. The molecule has 1 saturated carbocycles. The molecule has 1 aromatic carbocycles. The zero-order valence-electron chi connectivity index (χ0n) is 18.1. The maximum atomic E-state index is 12.8. The normalized spacial score (nSPS) is 22.4. The molecule has 0 spiro atoms. The van der Waals surface area contributed by atoms with Gasteiger partial charge in [0, 0.05) is 23.5 Å². The molecule has 5 rings (SSSR count). The third-order valence-corrected chi connectivity index (χ3v) is 6.02. The van der Waals surface area contributed by atoms with Crippen molar-refractivity contribution in [3.8, 4) is 0 Å². The number of aromatic nitrogens is 4. The van der Waals surface area contributed by atoms with Crippen LogP contribution in [0.2, 0.25) is 0 Å². The van der Waals surface area contributed by atoms with Gasteiger partial charge in [0.1, 0.15) is 12.1 Å². The Balaban J connectivity index is 1.34. The molecular formula is C22H25N7O3. The highest BCUT2D eigenvalue weighted by atomic mass is 16.6. The number of nitrogens with zero attached hydrogens (tertiary/aromatic N) is 5. The van der Waals surface area contributed by atoms with Crippen LogP contribution < -0.4 is 16.0 Å². The van der Waals surface area contributed by atoms with E-state index >= 15 is 0 Å². The van der Waals surface area contributed by atoms with Crippen LogP contribution in [-0.2, 0) is 9.53 Å². The second-order valence-corrected chi connectivity index (χ2v) is 8.78. The van der Waals surface area contributed by atoms with Crippen LogP contribution in [0.5, 0.6) is 0 Å². The first-order chi connectivity index (χ1) is 15.3. The van der Waals surface area contributed by atoms with Crippen molar-refractivity contribution in [3.05, 3.63) is 36.2 Å². The van der Waals surface area contributed by atoms with Gasteiger partial charge < -0.3 is 15.8 Å². The minimum Gasteiger partial charge on any atom is -0.447 e. The fourth-order valence-corrected chi connectivity index (χ4v) is 4.14. The zero-order chi connectivity index (χ0) is 22.6. The number of fused-ring (bicyclic) bond motifs is 1. The van der Waals surface area contributed by atoms with Gasteiger partial charge in [-0.3, -0.25) is 14.4 Å². The Kier molecular flexibility index (Phi) is 4.72. The van der Waals surface area contributed by atoms with Crippen LogP contribution >= 0.6 is 0 Å². The van der Waals surface area contributed by atoms with E-state index in [9.17, 15) is 9.59 Å². The maximum absolute atomic E-state index is 12.8. The number of hydrogen-bond acceptors (Lipinski definition) is 7. The standard InChI is InChI=1S/C22H25N7O3/c1-11(2)28-9-14(8-24-28)16-7-17(16)21(30)25-19-5-13-4-15(6-18(23)20(13)27-26-19)29-12(3)10-32-22(29)31/h4-6,8-9,11-12,16-17H,7,10,23H2,1-3H3,(H,25,26,30)/t12-,16+,17-/m0/s1.